The van der Waals surface area contributed by atoms with Gasteiger partial charge >= 0.3 is 0 Å². The fourth-order valence-corrected chi connectivity index (χ4v) is 2.56. The zero-order valence-corrected chi connectivity index (χ0v) is 14.7. The molecule has 0 saturated carbocycles. The van der Waals surface area contributed by atoms with Crippen LogP contribution in [0.5, 0.6) is 5.75 Å². The number of rotatable bonds is 7. The lowest BCUT2D eigenvalue weighted by molar-refractivity contribution is 0.415. The number of anilines is 3. The monoisotopic (exact) mass is 338 g/mol. The van der Waals surface area contributed by atoms with Gasteiger partial charge < -0.3 is 19.4 Å². The van der Waals surface area contributed by atoms with Gasteiger partial charge in [0.15, 0.2) is 5.76 Å². The van der Waals surface area contributed by atoms with E-state index in [-0.39, 0.29) is 0 Å². The normalized spacial score (nSPS) is 10.5. The molecule has 6 heteroatoms. The van der Waals surface area contributed by atoms with Crippen LogP contribution in [0.4, 0.5) is 17.5 Å². The second-order valence-electron chi connectivity index (χ2n) is 5.46. The van der Waals surface area contributed by atoms with E-state index in [4.69, 9.17) is 9.15 Å². The maximum absolute atomic E-state index is 5.78. The zero-order valence-electron chi connectivity index (χ0n) is 14.7. The Hall–Kier alpha value is -3.02. The Kier molecular flexibility index (Phi) is 5.18. The highest BCUT2D eigenvalue weighted by Gasteiger charge is 2.08. The molecule has 25 heavy (non-hydrogen) atoms. The van der Waals surface area contributed by atoms with E-state index in [0.29, 0.717) is 11.8 Å². The lowest BCUT2D eigenvalue weighted by atomic mass is 10.2. The van der Waals surface area contributed by atoms with Gasteiger partial charge in [-0.15, -0.1) is 0 Å². The minimum Gasteiger partial charge on any atom is -0.497 e. The predicted octanol–water partition coefficient (Wildman–Crippen LogP) is 4.34. The molecule has 0 aliphatic heterocycles. The van der Waals surface area contributed by atoms with Gasteiger partial charge in [-0.05, 0) is 38.1 Å². The summed E-state index contributed by atoms with van der Waals surface area (Å²) in [5.41, 5.74) is 1.74. The topological polar surface area (TPSA) is 63.4 Å². The van der Waals surface area contributed by atoms with Crippen LogP contribution in [-0.2, 0) is 0 Å². The number of benzene rings is 1. The zero-order chi connectivity index (χ0) is 17.6. The first-order valence-electron chi connectivity index (χ1n) is 8.31. The van der Waals surface area contributed by atoms with Crippen LogP contribution in [0.15, 0.2) is 53.2 Å². The van der Waals surface area contributed by atoms with Crippen LogP contribution in [0.25, 0.3) is 11.3 Å². The molecule has 0 atom stereocenters. The van der Waals surface area contributed by atoms with E-state index in [1.54, 1.807) is 19.5 Å². The number of aromatic nitrogens is 2. The van der Waals surface area contributed by atoms with Crippen molar-refractivity contribution < 1.29 is 9.15 Å². The van der Waals surface area contributed by atoms with Crippen LogP contribution >= 0.6 is 0 Å². The summed E-state index contributed by atoms with van der Waals surface area (Å²) in [5.74, 6) is 2.41. The van der Waals surface area contributed by atoms with Gasteiger partial charge in [0.25, 0.3) is 6.01 Å². The number of ether oxygens (including phenoxy) is 1. The largest absolute Gasteiger partial charge is 0.497 e. The third-order valence-corrected chi connectivity index (χ3v) is 3.95. The van der Waals surface area contributed by atoms with Crippen molar-refractivity contribution in [1.29, 1.82) is 0 Å². The minimum atomic E-state index is 0.426. The summed E-state index contributed by atoms with van der Waals surface area (Å²) in [4.78, 5) is 10.9. The molecule has 0 aliphatic rings. The Morgan fingerprint density at radius 2 is 1.92 bits per heavy atom. The quantitative estimate of drug-likeness (QED) is 0.691. The second kappa shape index (κ2) is 7.70. The first-order chi connectivity index (χ1) is 12.2. The first kappa shape index (κ1) is 16.8. The molecular formula is C19H22N4O2. The highest BCUT2D eigenvalue weighted by atomic mass is 16.5. The van der Waals surface area contributed by atoms with Crippen LogP contribution in [0.2, 0.25) is 0 Å². The maximum Gasteiger partial charge on any atom is 0.299 e. The van der Waals surface area contributed by atoms with Crippen LogP contribution in [0.3, 0.4) is 0 Å². The summed E-state index contributed by atoms with van der Waals surface area (Å²) >= 11 is 0. The van der Waals surface area contributed by atoms with Crippen LogP contribution < -0.4 is 15.0 Å². The molecule has 6 nitrogen and oxygen atoms in total. The minimum absolute atomic E-state index is 0.426. The average molecular weight is 338 g/mol. The van der Waals surface area contributed by atoms with Crippen molar-refractivity contribution in [2.24, 2.45) is 0 Å². The van der Waals surface area contributed by atoms with E-state index < -0.39 is 0 Å². The number of nitrogens with one attached hydrogen (secondary N) is 1. The average Bonchev–Trinajstić information content (AvgIpc) is 3.13. The molecule has 0 spiro atoms. The van der Waals surface area contributed by atoms with Gasteiger partial charge in [-0.2, -0.15) is 0 Å². The Bertz CT molecular complexity index is 810. The highest BCUT2D eigenvalue weighted by Crippen LogP contribution is 2.27. The van der Waals surface area contributed by atoms with Crippen molar-refractivity contribution in [3.63, 3.8) is 0 Å². The Morgan fingerprint density at radius 1 is 1.08 bits per heavy atom. The third kappa shape index (κ3) is 3.91. The number of hydrogen-bond donors (Lipinski definition) is 1. The lowest BCUT2D eigenvalue weighted by Crippen LogP contribution is -2.22. The van der Waals surface area contributed by atoms with Crippen LogP contribution in [0, 0.1) is 0 Å². The SMILES string of the molecule is CCN(CC)c1ccc(Nc2ncc(-c3cccc(OC)c3)o2)cn1. The molecule has 0 fully saturated rings. The highest BCUT2D eigenvalue weighted by molar-refractivity contribution is 5.61. The summed E-state index contributed by atoms with van der Waals surface area (Å²) in [6, 6.07) is 12.0. The summed E-state index contributed by atoms with van der Waals surface area (Å²) in [7, 11) is 1.64. The van der Waals surface area contributed by atoms with E-state index in [2.05, 4.69) is 34.0 Å². The van der Waals surface area contributed by atoms with Gasteiger partial charge in [-0.1, -0.05) is 12.1 Å². The van der Waals surface area contributed by atoms with Crippen LogP contribution in [0.1, 0.15) is 13.8 Å². The number of nitrogens with zero attached hydrogens (tertiary/aromatic N) is 3. The van der Waals surface area contributed by atoms with E-state index in [1.807, 2.05) is 36.4 Å². The number of pyridine rings is 1. The molecule has 0 aliphatic carbocycles. The molecule has 2 aromatic heterocycles. The van der Waals surface area contributed by atoms with Crippen molar-refractivity contribution in [1.82, 2.24) is 9.97 Å². The van der Waals surface area contributed by atoms with E-state index in [9.17, 15) is 0 Å². The van der Waals surface area contributed by atoms with Gasteiger partial charge in [-0.3, -0.25) is 0 Å². The van der Waals surface area contributed by atoms with E-state index in [0.717, 1.165) is 35.9 Å². The van der Waals surface area contributed by atoms with E-state index in [1.165, 1.54) is 0 Å². The molecule has 2 heterocycles. The maximum atomic E-state index is 5.78. The molecule has 1 N–H and O–H groups in total. The van der Waals surface area contributed by atoms with Gasteiger partial charge in [0.2, 0.25) is 0 Å². The van der Waals surface area contributed by atoms with Crippen molar-refractivity contribution in [2.45, 2.75) is 13.8 Å². The Balaban J connectivity index is 1.73. The van der Waals surface area contributed by atoms with Gasteiger partial charge in [0, 0.05) is 18.7 Å². The molecule has 3 aromatic rings. The standard InChI is InChI=1S/C19H22N4O2/c1-4-23(5-2)18-10-9-15(12-20-18)22-19-21-13-17(25-19)14-7-6-8-16(11-14)24-3/h6-13H,4-5H2,1-3H3,(H,21,22). The van der Waals surface area contributed by atoms with Crippen molar-refractivity contribution in [3.8, 4) is 17.1 Å². The molecule has 1 aromatic carbocycles. The summed E-state index contributed by atoms with van der Waals surface area (Å²) < 4.78 is 11.0. The fourth-order valence-electron chi connectivity index (χ4n) is 2.56. The molecule has 3 rings (SSSR count). The van der Waals surface area contributed by atoms with Gasteiger partial charge in [0.05, 0.1) is 25.2 Å². The number of methoxy groups -OCH3 is 1. The molecule has 0 saturated heterocycles. The number of oxazole rings is 1. The predicted molar refractivity (Wildman–Crippen MR) is 99.6 cm³/mol. The van der Waals surface area contributed by atoms with Crippen LogP contribution in [-0.4, -0.2) is 30.2 Å². The fraction of sp³-hybridized carbons (Fsp3) is 0.263. The third-order valence-electron chi connectivity index (χ3n) is 3.95. The smallest absolute Gasteiger partial charge is 0.299 e. The molecular weight excluding hydrogens is 316 g/mol. The molecule has 130 valence electrons. The second-order valence-corrected chi connectivity index (χ2v) is 5.46. The molecule has 0 radical (unpaired) electrons. The van der Waals surface area contributed by atoms with Crippen molar-refractivity contribution in [2.75, 3.05) is 30.4 Å². The van der Waals surface area contributed by atoms with Crippen molar-refractivity contribution in [3.05, 3.63) is 48.8 Å². The van der Waals surface area contributed by atoms with Crippen molar-refractivity contribution >= 4 is 17.5 Å². The summed E-state index contributed by atoms with van der Waals surface area (Å²) in [5, 5.41) is 3.13. The summed E-state index contributed by atoms with van der Waals surface area (Å²) in [6.45, 7) is 6.09. The molecule has 0 amide bonds. The summed E-state index contributed by atoms with van der Waals surface area (Å²) in [6.07, 6.45) is 3.47. The van der Waals surface area contributed by atoms with Gasteiger partial charge in [-0.25, -0.2) is 9.97 Å². The molecule has 0 bridgehead atoms. The first-order valence-corrected chi connectivity index (χ1v) is 8.31. The number of hydrogen-bond acceptors (Lipinski definition) is 6. The van der Waals surface area contributed by atoms with Gasteiger partial charge in [0.1, 0.15) is 11.6 Å². The molecule has 0 unspecified atom stereocenters. The van der Waals surface area contributed by atoms with E-state index >= 15 is 0 Å². The lowest BCUT2D eigenvalue weighted by Gasteiger charge is -2.19. The Labute approximate surface area is 147 Å². The Morgan fingerprint density at radius 3 is 2.60 bits per heavy atom.